The average molecular weight is 504 g/mol. The molecule has 1 aromatic carbocycles. The third-order valence-corrected chi connectivity index (χ3v) is 7.42. The fraction of sp³-hybridized carbons (Fsp3) is 0.429. The zero-order valence-corrected chi connectivity index (χ0v) is 21.3. The summed E-state index contributed by atoms with van der Waals surface area (Å²) in [5.41, 5.74) is 15.2. The Morgan fingerprint density at radius 3 is 2.62 bits per heavy atom. The molecule has 0 spiro atoms. The molecule has 3 aromatic rings. The van der Waals surface area contributed by atoms with Crippen molar-refractivity contribution in [2.45, 2.75) is 64.5 Å². The van der Waals surface area contributed by atoms with Crippen molar-refractivity contribution in [3.05, 3.63) is 53.3 Å². The molecule has 2 heterocycles. The second kappa shape index (κ2) is 9.63. The van der Waals surface area contributed by atoms with Gasteiger partial charge < -0.3 is 21.5 Å². The molecule has 0 bridgehead atoms. The Kier molecular flexibility index (Phi) is 6.49. The molecule has 5 rings (SSSR count). The molecule has 0 aliphatic heterocycles. The first-order chi connectivity index (χ1) is 17.7. The van der Waals surface area contributed by atoms with E-state index in [4.69, 9.17) is 16.2 Å². The zero-order chi connectivity index (χ0) is 26.3. The first kappa shape index (κ1) is 25.0. The largest absolute Gasteiger partial charge is 0.461 e. The van der Waals surface area contributed by atoms with E-state index in [2.05, 4.69) is 24.1 Å². The number of nitrogens with two attached hydrogens (primary N) is 2. The second-order valence-electron chi connectivity index (χ2n) is 10.9. The first-order valence-corrected chi connectivity index (χ1v) is 12.8. The van der Waals surface area contributed by atoms with Gasteiger partial charge in [0.05, 0.1) is 12.1 Å². The molecule has 2 aromatic heterocycles. The molecule has 37 heavy (non-hydrogen) atoms. The van der Waals surface area contributed by atoms with Gasteiger partial charge in [0.15, 0.2) is 5.78 Å². The predicted octanol–water partition coefficient (Wildman–Crippen LogP) is 3.50. The molecule has 0 radical (unpaired) electrons. The molecule has 1 saturated carbocycles. The van der Waals surface area contributed by atoms with Gasteiger partial charge in [-0.2, -0.15) is 0 Å². The van der Waals surface area contributed by atoms with Crippen molar-refractivity contribution in [3.63, 3.8) is 0 Å². The summed E-state index contributed by atoms with van der Waals surface area (Å²) in [7, 11) is 0. The standard InChI is InChI=1S/C28H33N5O4/c1-28(2)13-22-25(23(34)14-28)20-4-3-11-31-27(20)33(22)17-7-10-19(26(30)36)21(12-17)32-16-5-8-18(9-6-16)37-24(35)15-29/h3-4,7,10-12,16,18,32H,5-6,8-9,13-15,29H2,1-2H3,(H2,30,36)/t16-,18-. The number of primary amides is 1. The van der Waals surface area contributed by atoms with E-state index in [1.54, 1.807) is 12.3 Å². The molecule has 9 nitrogen and oxygen atoms in total. The van der Waals surface area contributed by atoms with Crippen molar-refractivity contribution >= 4 is 34.4 Å². The highest BCUT2D eigenvalue weighted by Gasteiger charge is 2.36. The molecule has 9 heteroatoms. The monoisotopic (exact) mass is 503 g/mol. The number of ketones is 1. The number of pyridine rings is 1. The summed E-state index contributed by atoms with van der Waals surface area (Å²) in [5.74, 6) is -0.784. The Morgan fingerprint density at radius 2 is 1.92 bits per heavy atom. The summed E-state index contributed by atoms with van der Waals surface area (Å²) in [6, 6.07) is 9.39. The number of ether oxygens (including phenoxy) is 1. The molecule has 2 aliphatic carbocycles. The van der Waals surface area contributed by atoms with Crippen LogP contribution in [0.5, 0.6) is 0 Å². The van der Waals surface area contributed by atoms with Crippen molar-refractivity contribution in [2.24, 2.45) is 16.9 Å². The highest BCUT2D eigenvalue weighted by molar-refractivity contribution is 6.10. The van der Waals surface area contributed by atoms with Crippen LogP contribution in [0.4, 0.5) is 5.69 Å². The van der Waals surface area contributed by atoms with E-state index in [1.165, 1.54) is 0 Å². The lowest BCUT2D eigenvalue weighted by Crippen LogP contribution is -2.33. The Labute approximate surface area is 215 Å². The maximum atomic E-state index is 13.2. The Hall–Kier alpha value is -3.72. The lowest BCUT2D eigenvalue weighted by Gasteiger charge is -2.31. The number of hydrogen-bond donors (Lipinski definition) is 3. The summed E-state index contributed by atoms with van der Waals surface area (Å²) in [6.45, 7) is 4.09. The van der Waals surface area contributed by atoms with Crippen molar-refractivity contribution in [2.75, 3.05) is 11.9 Å². The number of esters is 1. The maximum Gasteiger partial charge on any atom is 0.319 e. The average Bonchev–Trinajstić information content (AvgIpc) is 3.18. The van der Waals surface area contributed by atoms with Gasteiger partial charge in [-0.1, -0.05) is 13.8 Å². The fourth-order valence-electron chi connectivity index (χ4n) is 5.75. The fourth-order valence-corrected chi connectivity index (χ4v) is 5.75. The van der Waals surface area contributed by atoms with Gasteiger partial charge in [0.2, 0.25) is 0 Å². The number of nitrogens with one attached hydrogen (secondary N) is 1. The molecule has 0 unspecified atom stereocenters. The maximum absolute atomic E-state index is 13.2. The minimum Gasteiger partial charge on any atom is -0.461 e. The van der Waals surface area contributed by atoms with Crippen LogP contribution in [-0.2, 0) is 16.0 Å². The number of rotatable bonds is 6. The number of carbonyl (C=O) groups excluding carboxylic acids is 3. The topological polar surface area (TPSA) is 142 Å². The number of fused-ring (bicyclic) bond motifs is 3. The van der Waals surface area contributed by atoms with Gasteiger partial charge in [-0.15, -0.1) is 0 Å². The molecular formula is C28H33N5O4. The number of Topliss-reactive ketones (excluding diaryl/α,β-unsaturated/α-hetero) is 1. The van der Waals surface area contributed by atoms with E-state index in [9.17, 15) is 14.4 Å². The summed E-state index contributed by atoms with van der Waals surface area (Å²) >= 11 is 0. The lowest BCUT2D eigenvalue weighted by atomic mass is 9.75. The number of aromatic nitrogens is 2. The van der Waals surface area contributed by atoms with Crippen LogP contribution in [0.25, 0.3) is 16.7 Å². The number of amides is 1. The van der Waals surface area contributed by atoms with Gasteiger partial charge in [-0.3, -0.25) is 19.0 Å². The van der Waals surface area contributed by atoms with Gasteiger partial charge in [-0.05, 0) is 67.9 Å². The molecule has 0 atom stereocenters. The van der Waals surface area contributed by atoms with Crippen LogP contribution in [0.3, 0.4) is 0 Å². The number of nitrogens with zero attached hydrogens (tertiary/aromatic N) is 2. The van der Waals surface area contributed by atoms with Crippen molar-refractivity contribution < 1.29 is 19.1 Å². The van der Waals surface area contributed by atoms with Gasteiger partial charge in [0.25, 0.3) is 5.91 Å². The molecule has 5 N–H and O–H groups in total. The quantitative estimate of drug-likeness (QED) is 0.437. The molecular weight excluding hydrogens is 470 g/mol. The molecule has 1 amide bonds. The number of carbonyl (C=O) groups is 3. The summed E-state index contributed by atoms with van der Waals surface area (Å²) in [6.07, 6.45) is 5.79. The Bertz CT molecular complexity index is 1380. The third-order valence-electron chi connectivity index (χ3n) is 7.42. The van der Waals surface area contributed by atoms with Crippen LogP contribution in [0.15, 0.2) is 36.5 Å². The van der Waals surface area contributed by atoms with Crippen LogP contribution >= 0.6 is 0 Å². The highest BCUT2D eigenvalue weighted by Crippen LogP contribution is 2.41. The van der Waals surface area contributed by atoms with Crippen molar-refractivity contribution in [1.82, 2.24) is 9.55 Å². The van der Waals surface area contributed by atoms with Gasteiger partial charge >= 0.3 is 5.97 Å². The van der Waals surface area contributed by atoms with Crippen molar-refractivity contribution in [1.29, 1.82) is 0 Å². The SMILES string of the molecule is CC1(C)CC(=O)c2c(n(-c3ccc(C(N)=O)c(N[C@H]4CC[C@H](OC(=O)CN)CC4)c3)c3ncccc23)C1. The minimum atomic E-state index is -0.520. The van der Waals surface area contributed by atoms with Crippen LogP contribution < -0.4 is 16.8 Å². The van der Waals surface area contributed by atoms with Crippen molar-refractivity contribution in [3.8, 4) is 5.69 Å². The van der Waals surface area contributed by atoms with Crippen LogP contribution in [0, 0.1) is 5.41 Å². The molecule has 2 aliphatic rings. The minimum absolute atomic E-state index is 0.0927. The Balaban J connectivity index is 1.51. The normalized spacial score (nSPS) is 20.9. The van der Waals surface area contributed by atoms with E-state index in [1.807, 2.05) is 28.8 Å². The van der Waals surface area contributed by atoms with E-state index in [0.717, 1.165) is 47.2 Å². The van der Waals surface area contributed by atoms with E-state index in [0.29, 0.717) is 30.5 Å². The molecule has 1 fully saturated rings. The summed E-state index contributed by atoms with van der Waals surface area (Å²) in [5, 5.41) is 4.35. The van der Waals surface area contributed by atoms with E-state index < -0.39 is 11.9 Å². The van der Waals surface area contributed by atoms with Gasteiger partial charge in [0, 0.05) is 46.7 Å². The highest BCUT2D eigenvalue weighted by atomic mass is 16.5. The van der Waals surface area contributed by atoms with E-state index in [-0.39, 0.29) is 29.9 Å². The lowest BCUT2D eigenvalue weighted by molar-refractivity contribution is -0.148. The zero-order valence-electron chi connectivity index (χ0n) is 21.3. The Morgan fingerprint density at radius 1 is 1.16 bits per heavy atom. The smallest absolute Gasteiger partial charge is 0.319 e. The molecule has 194 valence electrons. The predicted molar refractivity (Wildman–Crippen MR) is 141 cm³/mol. The van der Waals surface area contributed by atoms with Crippen LogP contribution in [0.2, 0.25) is 0 Å². The van der Waals surface area contributed by atoms with E-state index >= 15 is 0 Å². The van der Waals surface area contributed by atoms with Gasteiger partial charge in [-0.25, -0.2) is 4.98 Å². The number of anilines is 1. The van der Waals surface area contributed by atoms with Gasteiger partial charge in [0.1, 0.15) is 11.8 Å². The number of benzene rings is 1. The summed E-state index contributed by atoms with van der Waals surface area (Å²) in [4.78, 5) is 41.7. The first-order valence-electron chi connectivity index (χ1n) is 12.8. The number of hydrogen-bond acceptors (Lipinski definition) is 7. The van der Waals surface area contributed by atoms with Crippen LogP contribution in [0.1, 0.15) is 72.4 Å². The summed E-state index contributed by atoms with van der Waals surface area (Å²) < 4.78 is 7.43. The third kappa shape index (κ3) is 4.83. The second-order valence-corrected chi connectivity index (χ2v) is 10.9. The molecule has 0 saturated heterocycles. The van der Waals surface area contributed by atoms with Crippen LogP contribution in [-0.4, -0.2) is 45.9 Å².